The van der Waals surface area contributed by atoms with E-state index in [-0.39, 0.29) is 6.04 Å². The van der Waals surface area contributed by atoms with Gasteiger partial charge >= 0.3 is 0 Å². The van der Waals surface area contributed by atoms with Gasteiger partial charge in [0.05, 0.1) is 23.3 Å². The molecule has 4 nitrogen and oxygen atoms in total. The van der Waals surface area contributed by atoms with Crippen molar-refractivity contribution in [2.75, 3.05) is 5.73 Å². The minimum absolute atomic E-state index is 0.00817. The molecule has 0 aliphatic heterocycles. The van der Waals surface area contributed by atoms with Crippen LogP contribution in [-0.2, 0) is 0 Å². The van der Waals surface area contributed by atoms with E-state index in [1.54, 1.807) is 12.3 Å². The van der Waals surface area contributed by atoms with Crippen LogP contribution in [0, 0.1) is 0 Å². The van der Waals surface area contributed by atoms with Gasteiger partial charge in [-0.1, -0.05) is 11.6 Å². The van der Waals surface area contributed by atoms with E-state index >= 15 is 0 Å². The molecule has 2 heterocycles. The molecule has 0 radical (unpaired) electrons. The van der Waals surface area contributed by atoms with Crippen LogP contribution < -0.4 is 5.73 Å². The van der Waals surface area contributed by atoms with Gasteiger partial charge in [0.1, 0.15) is 5.76 Å². The van der Waals surface area contributed by atoms with E-state index in [1.165, 1.54) is 0 Å². The standard InChI is InChI=1S/C13H12ClN3O/c1-8(12-3-2-6-18-12)17-11-5-4-9(14)7-10(11)16-13(17)15/h2-8H,1H3,(H2,15,16). The van der Waals surface area contributed by atoms with Crippen LogP contribution >= 0.6 is 11.6 Å². The monoisotopic (exact) mass is 261 g/mol. The molecule has 0 aliphatic carbocycles. The Morgan fingerprint density at radius 3 is 2.94 bits per heavy atom. The molecule has 2 aromatic heterocycles. The highest BCUT2D eigenvalue weighted by Gasteiger charge is 2.17. The van der Waals surface area contributed by atoms with Crippen molar-refractivity contribution in [3.05, 3.63) is 47.4 Å². The van der Waals surface area contributed by atoms with Crippen molar-refractivity contribution in [3.63, 3.8) is 0 Å². The van der Waals surface area contributed by atoms with E-state index in [0.29, 0.717) is 11.0 Å². The predicted octanol–water partition coefficient (Wildman–Crippen LogP) is 3.47. The van der Waals surface area contributed by atoms with Gasteiger partial charge in [-0.25, -0.2) is 4.98 Å². The summed E-state index contributed by atoms with van der Waals surface area (Å²) in [6.07, 6.45) is 1.65. The minimum atomic E-state index is -0.00817. The third kappa shape index (κ3) is 1.66. The van der Waals surface area contributed by atoms with E-state index < -0.39 is 0 Å². The van der Waals surface area contributed by atoms with Crippen molar-refractivity contribution in [2.45, 2.75) is 13.0 Å². The number of hydrogen-bond acceptors (Lipinski definition) is 3. The number of aromatic nitrogens is 2. The lowest BCUT2D eigenvalue weighted by molar-refractivity contribution is 0.453. The molecule has 0 bridgehead atoms. The Kier molecular flexibility index (Phi) is 2.52. The number of imidazole rings is 1. The Morgan fingerprint density at radius 1 is 1.39 bits per heavy atom. The van der Waals surface area contributed by atoms with Gasteiger partial charge in [-0.15, -0.1) is 0 Å². The number of nitrogens with two attached hydrogens (primary N) is 1. The van der Waals surface area contributed by atoms with Crippen LogP contribution in [0.5, 0.6) is 0 Å². The molecule has 92 valence electrons. The molecule has 0 amide bonds. The predicted molar refractivity (Wildman–Crippen MR) is 71.7 cm³/mol. The zero-order chi connectivity index (χ0) is 12.7. The number of rotatable bonds is 2. The fourth-order valence-electron chi connectivity index (χ4n) is 2.15. The molecular formula is C13H12ClN3O. The summed E-state index contributed by atoms with van der Waals surface area (Å²) in [5, 5.41) is 0.651. The lowest BCUT2D eigenvalue weighted by Crippen LogP contribution is -2.09. The molecule has 0 aliphatic rings. The summed E-state index contributed by atoms with van der Waals surface area (Å²) in [7, 11) is 0. The zero-order valence-corrected chi connectivity index (χ0v) is 10.6. The van der Waals surface area contributed by atoms with Gasteiger partial charge in [0.25, 0.3) is 0 Å². The molecule has 1 atom stereocenters. The normalized spacial score (nSPS) is 13.0. The van der Waals surface area contributed by atoms with Gasteiger partial charge in [-0.05, 0) is 37.3 Å². The van der Waals surface area contributed by atoms with Gasteiger partial charge in [-0.2, -0.15) is 0 Å². The van der Waals surface area contributed by atoms with Crippen LogP contribution in [0.2, 0.25) is 5.02 Å². The summed E-state index contributed by atoms with van der Waals surface area (Å²) in [6, 6.07) is 9.32. The van der Waals surface area contributed by atoms with E-state index in [9.17, 15) is 0 Å². The summed E-state index contributed by atoms with van der Waals surface area (Å²) in [5.41, 5.74) is 7.71. The van der Waals surface area contributed by atoms with Gasteiger partial charge < -0.3 is 14.7 Å². The van der Waals surface area contributed by atoms with Gasteiger partial charge in [0.15, 0.2) is 0 Å². The third-order valence-corrected chi connectivity index (χ3v) is 3.26. The smallest absolute Gasteiger partial charge is 0.201 e. The van der Waals surface area contributed by atoms with Gasteiger partial charge in [0.2, 0.25) is 5.95 Å². The number of nitrogen functional groups attached to an aromatic ring is 1. The summed E-state index contributed by atoms with van der Waals surface area (Å²) >= 11 is 5.95. The number of furan rings is 1. The lowest BCUT2D eigenvalue weighted by Gasteiger charge is -2.13. The highest BCUT2D eigenvalue weighted by molar-refractivity contribution is 6.31. The molecule has 0 fully saturated rings. The first-order chi connectivity index (χ1) is 8.66. The minimum Gasteiger partial charge on any atom is -0.467 e. The van der Waals surface area contributed by atoms with Crippen LogP contribution in [0.4, 0.5) is 5.95 Å². The highest BCUT2D eigenvalue weighted by atomic mass is 35.5. The number of halogens is 1. The summed E-state index contributed by atoms with van der Waals surface area (Å²) in [5.74, 6) is 1.30. The summed E-state index contributed by atoms with van der Waals surface area (Å²) in [6.45, 7) is 2.02. The molecule has 0 saturated carbocycles. The maximum Gasteiger partial charge on any atom is 0.201 e. The van der Waals surface area contributed by atoms with Crippen LogP contribution in [0.1, 0.15) is 18.7 Å². The van der Waals surface area contributed by atoms with Crippen LogP contribution in [0.3, 0.4) is 0 Å². The largest absolute Gasteiger partial charge is 0.467 e. The molecule has 3 rings (SSSR count). The Morgan fingerprint density at radius 2 is 2.22 bits per heavy atom. The Bertz CT molecular complexity index is 688. The van der Waals surface area contributed by atoms with Crippen molar-refractivity contribution < 1.29 is 4.42 Å². The van der Waals surface area contributed by atoms with Crippen molar-refractivity contribution in [2.24, 2.45) is 0 Å². The van der Waals surface area contributed by atoms with Crippen molar-refractivity contribution >= 4 is 28.6 Å². The van der Waals surface area contributed by atoms with E-state index in [2.05, 4.69) is 4.98 Å². The molecule has 1 unspecified atom stereocenters. The van der Waals surface area contributed by atoms with Gasteiger partial charge in [-0.3, -0.25) is 0 Å². The molecular weight excluding hydrogens is 250 g/mol. The van der Waals surface area contributed by atoms with Crippen LogP contribution in [0.15, 0.2) is 41.0 Å². The molecule has 18 heavy (non-hydrogen) atoms. The Balaban J connectivity index is 2.19. The van der Waals surface area contributed by atoms with Crippen LogP contribution in [-0.4, -0.2) is 9.55 Å². The SMILES string of the molecule is CC(c1ccco1)n1c(N)nc2cc(Cl)ccc21. The fourth-order valence-corrected chi connectivity index (χ4v) is 2.32. The average Bonchev–Trinajstić information content (AvgIpc) is 2.94. The molecule has 2 N–H and O–H groups in total. The topological polar surface area (TPSA) is 57.0 Å². The second-order valence-electron chi connectivity index (χ2n) is 4.16. The number of fused-ring (bicyclic) bond motifs is 1. The van der Waals surface area contributed by atoms with E-state index in [0.717, 1.165) is 16.8 Å². The number of hydrogen-bond donors (Lipinski definition) is 1. The Labute approximate surface area is 109 Å². The molecule has 1 aromatic carbocycles. The van der Waals surface area contributed by atoms with Crippen LogP contribution in [0.25, 0.3) is 11.0 Å². The maximum absolute atomic E-state index is 5.98. The van der Waals surface area contributed by atoms with E-state index in [4.69, 9.17) is 21.8 Å². The highest BCUT2D eigenvalue weighted by Crippen LogP contribution is 2.28. The number of nitrogens with zero attached hydrogens (tertiary/aromatic N) is 2. The quantitative estimate of drug-likeness (QED) is 0.768. The second kappa shape index (κ2) is 4.07. The lowest BCUT2D eigenvalue weighted by atomic mass is 10.2. The molecule has 3 aromatic rings. The van der Waals surface area contributed by atoms with Crippen molar-refractivity contribution in [1.29, 1.82) is 0 Å². The fraction of sp³-hybridized carbons (Fsp3) is 0.154. The molecule has 0 saturated heterocycles. The Hall–Kier alpha value is -1.94. The number of benzene rings is 1. The first-order valence-corrected chi connectivity index (χ1v) is 6.01. The van der Waals surface area contributed by atoms with Gasteiger partial charge in [0, 0.05) is 5.02 Å². The second-order valence-corrected chi connectivity index (χ2v) is 4.60. The average molecular weight is 262 g/mol. The number of anilines is 1. The summed E-state index contributed by atoms with van der Waals surface area (Å²) in [4.78, 5) is 4.32. The first kappa shape index (κ1) is 11.2. The zero-order valence-electron chi connectivity index (χ0n) is 9.80. The van der Waals surface area contributed by atoms with E-state index in [1.807, 2.05) is 35.8 Å². The first-order valence-electron chi connectivity index (χ1n) is 5.63. The summed E-state index contributed by atoms with van der Waals surface area (Å²) < 4.78 is 7.35. The molecule has 5 heteroatoms. The maximum atomic E-state index is 5.98. The third-order valence-electron chi connectivity index (χ3n) is 3.02. The van der Waals surface area contributed by atoms with Crippen molar-refractivity contribution in [3.8, 4) is 0 Å². The molecule has 0 spiro atoms. The van der Waals surface area contributed by atoms with Crippen molar-refractivity contribution in [1.82, 2.24) is 9.55 Å².